The van der Waals surface area contributed by atoms with E-state index in [-0.39, 0.29) is 5.92 Å². The minimum Gasteiger partial charge on any atom is -0.481 e. The van der Waals surface area contributed by atoms with Crippen molar-refractivity contribution in [3.63, 3.8) is 0 Å². The molecule has 0 spiro atoms. The van der Waals surface area contributed by atoms with E-state index in [0.717, 1.165) is 45.7 Å². The fraction of sp³-hybridized carbons (Fsp3) is 0.900. The van der Waals surface area contributed by atoms with Gasteiger partial charge < -0.3 is 9.84 Å². The maximum absolute atomic E-state index is 10.5. The normalized spacial score (nSPS) is 20.6. The molecule has 0 amide bonds. The van der Waals surface area contributed by atoms with Crippen molar-refractivity contribution in [2.45, 2.75) is 19.8 Å². The number of nitrogens with zero attached hydrogens (tertiary/aromatic N) is 1. The van der Waals surface area contributed by atoms with Crippen LogP contribution in [0.15, 0.2) is 0 Å². The highest BCUT2D eigenvalue weighted by molar-refractivity contribution is 5.69. The van der Waals surface area contributed by atoms with Crippen LogP contribution in [-0.2, 0) is 9.53 Å². The first kappa shape index (κ1) is 11.5. The number of morpholine rings is 1. The number of rotatable bonds is 5. The molecule has 1 fully saturated rings. The highest BCUT2D eigenvalue weighted by Crippen LogP contribution is 2.07. The molecule has 0 aliphatic carbocycles. The molecule has 1 atom stereocenters. The number of carboxylic acid groups (broad SMARTS) is 1. The third-order valence-corrected chi connectivity index (χ3v) is 2.64. The molecular weight excluding hydrogens is 182 g/mol. The summed E-state index contributed by atoms with van der Waals surface area (Å²) < 4.78 is 5.23. The van der Waals surface area contributed by atoms with Gasteiger partial charge in [0.15, 0.2) is 0 Å². The lowest BCUT2D eigenvalue weighted by molar-refractivity contribution is -0.141. The molecule has 14 heavy (non-hydrogen) atoms. The molecule has 1 unspecified atom stereocenters. The summed E-state index contributed by atoms with van der Waals surface area (Å²) in [6, 6.07) is 0. The summed E-state index contributed by atoms with van der Waals surface area (Å²) in [5, 5.41) is 8.69. The largest absolute Gasteiger partial charge is 0.481 e. The average molecular weight is 201 g/mol. The first-order valence-electron chi connectivity index (χ1n) is 5.23. The van der Waals surface area contributed by atoms with E-state index in [0.29, 0.717) is 0 Å². The highest BCUT2D eigenvalue weighted by Gasteiger charge is 2.13. The van der Waals surface area contributed by atoms with Gasteiger partial charge in [-0.05, 0) is 19.4 Å². The van der Waals surface area contributed by atoms with Crippen LogP contribution in [0.5, 0.6) is 0 Å². The van der Waals surface area contributed by atoms with Gasteiger partial charge in [-0.15, -0.1) is 0 Å². The van der Waals surface area contributed by atoms with E-state index in [4.69, 9.17) is 9.84 Å². The van der Waals surface area contributed by atoms with E-state index in [9.17, 15) is 4.79 Å². The van der Waals surface area contributed by atoms with Crippen molar-refractivity contribution in [3.05, 3.63) is 0 Å². The Bertz CT molecular complexity index is 178. The summed E-state index contributed by atoms with van der Waals surface area (Å²) in [5.41, 5.74) is 0. The molecule has 1 N–H and O–H groups in total. The number of hydrogen-bond donors (Lipinski definition) is 1. The zero-order valence-corrected chi connectivity index (χ0v) is 8.74. The average Bonchev–Trinajstić information content (AvgIpc) is 2.19. The number of hydrogen-bond acceptors (Lipinski definition) is 3. The monoisotopic (exact) mass is 201 g/mol. The Morgan fingerprint density at radius 2 is 2.14 bits per heavy atom. The molecule has 1 aliphatic heterocycles. The Morgan fingerprint density at radius 1 is 1.50 bits per heavy atom. The van der Waals surface area contributed by atoms with E-state index >= 15 is 0 Å². The summed E-state index contributed by atoms with van der Waals surface area (Å²) in [5.74, 6) is -0.900. The van der Waals surface area contributed by atoms with Crippen LogP contribution in [0.2, 0.25) is 0 Å². The van der Waals surface area contributed by atoms with Crippen molar-refractivity contribution in [2.24, 2.45) is 5.92 Å². The van der Waals surface area contributed by atoms with E-state index < -0.39 is 5.97 Å². The minimum absolute atomic E-state index is 0.212. The van der Waals surface area contributed by atoms with Crippen molar-refractivity contribution in [2.75, 3.05) is 32.8 Å². The van der Waals surface area contributed by atoms with Crippen LogP contribution in [0, 0.1) is 5.92 Å². The molecule has 0 saturated carbocycles. The molecule has 1 rings (SSSR count). The Balaban J connectivity index is 2.05. The lowest BCUT2D eigenvalue weighted by Gasteiger charge is -2.26. The maximum Gasteiger partial charge on any atom is 0.306 e. The lowest BCUT2D eigenvalue weighted by atomic mass is 10.1. The number of aliphatic carboxylic acids is 1. The van der Waals surface area contributed by atoms with Crippen molar-refractivity contribution in [3.8, 4) is 0 Å². The molecule has 1 saturated heterocycles. The lowest BCUT2D eigenvalue weighted by Crippen LogP contribution is -2.37. The standard InChI is InChI=1S/C10H19NO3/c1-9(10(12)13)3-2-4-11-5-7-14-8-6-11/h9H,2-8H2,1H3,(H,12,13). The summed E-state index contributed by atoms with van der Waals surface area (Å²) >= 11 is 0. The van der Waals surface area contributed by atoms with Crippen molar-refractivity contribution < 1.29 is 14.6 Å². The number of ether oxygens (including phenoxy) is 1. The van der Waals surface area contributed by atoms with Gasteiger partial charge in [-0.25, -0.2) is 0 Å². The van der Waals surface area contributed by atoms with Crippen molar-refractivity contribution >= 4 is 5.97 Å². The minimum atomic E-state index is -0.688. The highest BCUT2D eigenvalue weighted by atomic mass is 16.5. The zero-order chi connectivity index (χ0) is 10.4. The zero-order valence-electron chi connectivity index (χ0n) is 8.74. The molecule has 1 heterocycles. The SMILES string of the molecule is CC(CCCN1CCOCC1)C(=O)O. The molecule has 82 valence electrons. The van der Waals surface area contributed by atoms with Gasteiger partial charge >= 0.3 is 5.97 Å². The third-order valence-electron chi connectivity index (χ3n) is 2.64. The Hall–Kier alpha value is -0.610. The molecule has 4 heteroatoms. The molecule has 0 aromatic heterocycles. The number of carbonyl (C=O) groups is 1. The van der Waals surface area contributed by atoms with Gasteiger partial charge in [0.1, 0.15) is 0 Å². The summed E-state index contributed by atoms with van der Waals surface area (Å²) in [6.07, 6.45) is 1.74. The van der Waals surface area contributed by atoms with Crippen LogP contribution in [0.25, 0.3) is 0 Å². The van der Waals surface area contributed by atoms with Crippen molar-refractivity contribution in [1.29, 1.82) is 0 Å². The smallest absolute Gasteiger partial charge is 0.306 e. The van der Waals surface area contributed by atoms with Gasteiger partial charge in [-0.2, -0.15) is 0 Å². The van der Waals surface area contributed by atoms with Gasteiger partial charge in [0.05, 0.1) is 19.1 Å². The summed E-state index contributed by atoms with van der Waals surface area (Å²) in [6.45, 7) is 6.37. The topological polar surface area (TPSA) is 49.8 Å². The molecular formula is C10H19NO3. The van der Waals surface area contributed by atoms with E-state index in [1.54, 1.807) is 6.92 Å². The molecule has 0 radical (unpaired) electrons. The van der Waals surface area contributed by atoms with Crippen LogP contribution in [0.4, 0.5) is 0 Å². The predicted octanol–water partition coefficient (Wildman–Crippen LogP) is 0.820. The second-order valence-electron chi connectivity index (χ2n) is 3.84. The second-order valence-corrected chi connectivity index (χ2v) is 3.84. The molecule has 0 aromatic carbocycles. The van der Waals surface area contributed by atoms with Gasteiger partial charge in [0.2, 0.25) is 0 Å². The number of carboxylic acids is 1. The van der Waals surface area contributed by atoms with Gasteiger partial charge in [0, 0.05) is 13.1 Å². The quantitative estimate of drug-likeness (QED) is 0.715. The van der Waals surface area contributed by atoms with E-state index in [1.165, 1.54) is 0 Å². The van der Waals surface area contributed by atoms with E-state index in [2.05, 4.69) is 4.90 Å². The first-order chi connectivity index (χ1) is 6.70. The maximum atomic E-state index is 10.5. The van der Waals surface area contributed by atoms with Gasteiger partial charge in [-0.1, -0.05) is 6.92 Å². The molecule has 0 aromatic rings. The molecule has 4 nitrogen and oxygen atoms in total. The van der Waals surface area contributed by atoms with Crippen LogP contribution in [-0.4, -0.2) is 48.8 Å². The fourth-order valence-corrected chi connectivity index (χ4v) is 1.57. The Labute approximate surface area is 84.8 Å². The summed E-state index contributed by atoms with van der Waals surface area (Å²) in [7, 11) is 0. The third kappa shape index (κ3) is 4.07. The Kier molecular flexibility index (Phi) is 4.90. The van der Waals surface area contributed by atoms with Gasteiger partial charge in [-0.3, -0.25) is 9.69 Å². The Morgan fingerprint density at radius 3 is 2.71 bits per heavy atom. The summed E-state index contributed by atoms with van der Waals surface area (Å²) in [4.78, 5) is 12.9. The van der Waals surface area contributed by atoms with Crippen molar-refractivity contribution in [1.82, 2.24) is 4.90 Å². The van der Waals surface area contributed by atoms with Crippen LogP contribution in [0.1, 0.15) is 19.8 Å². The van der Waals surface area contributed by atoms with Crippen LogP contribution < -0.4 is 0 Å². The molecule has 1 aliphatic rings. The second kappa shape index (κ2) is 5.98. The van der Waals surface area contributed by atoms with Crippen LogP contribution >= 0.6 is 0 Å². The first-order valence-corrected chi connectivity index (χ1v) is 5.23. The van der Waals surface area contributed by atoms with Gasteiger partial charge in [0.25, 0.3) is 0 Å². The molecule has 0 bridgehead atoms. The van der Waals surface area contributed by atoms with Crippen LogP contribution in [0.3, 0.4) is 0 Å². The predicted molar refractivity (Wildman–Crippen MR) is 53.3 cm³/mol. The fourth-order valence-electron chi connectivity index (χ4n) is 1.57. The van der Waals surface area contributed by atoms with E-state index in [1.807, 2.05) is 0 Å².